The van der Waals surface area contributed by atoms with E-state index >= 15 is 0 Å². The van der Waals surface area contributed by atoms with Crippen LogP contribution in [-0.2, 0) is 19.3 Å². The largest absolute Gasteiger partial charge is 0.674 e. The van der Waals surface area contributed by atoms with E-state index in [-0.39, 0.29) is 24.0 Å². The lowest BCUT2D eigenvalue weighted by Crippen LogP contribution is -2.31. The van der Waals surface area contributed by atoms with Crippen molar-refractivity contribution in [3.63, 3.8) is 0 Å². The Morgan fingerprint density at radius 2 is 1.46 bits per heavy atom. The van der Waals surface area contributed by atoms with Gasteiger partial charge in [0.2, 0.25) is 0 Å². The van der Waals surface area contributed by atoms with E-state index in [1.54, 1.807) is 6.07 Å². The highest BCUT2D eigenvalue weighted by atomic mass is 35.5. The molecular weight excluding hydrogens is 521 g/mol. The summed E-state index contributed by atoms with van der Waals surface area (Å²) in [4.78, 5) is 2.15. The van der Waals surface area contributed by atoms with Crippen molar-refractivity contribution in [1.29, 1.82) is 0 Å². The van der Waals surface area contributed by atoms with Crippen LogP contribution in [0, 0.1) is 0 Å². The van der Waals surface area contributed by atoms with Crippen LogP contribution in [0.25, 0.3) is 5.73 Å². The van der Waals surface area contributed by atoms with Crippen LogP contribution in [0.5, 0.6) is 5.75 Å². The van der Waals surface area contributed by atoms with Gasteiger partial charge in [0.05, 0.1) is 17.2 Å². The summed E-state index contributed by atoms with van der Waals surface area (Å²) in [6, 6.07) is 31.8. The van der Waals surface area contributed by atoms with Crippen molar-refractivity contribution >= 4 is 11.6 Å². The Morgan fingerprint density at radius 1 is 0.821 bits per heavy atom. The molecule has 0 unspecified atom stereocenters. The van der Waals surface area contributed by atoms with Gasteiger partial charge >= 0.3 is 6.18 Å². The monoisotopic (exact) mass is 551 g/mol. The van der Waals surface area contributed by atoms with Gasteiger partial charge in [-0.3, -0.25) is 4.90 Å². The van der Waals surface area contributed by atoms with Crippen molar-refractivity contribution in [2.45, 2.75) is 31.6 Å². The average molecular weight is 552 g/mol. The number of ether oxygens (including phenoxy) is 1. The van der Waals surface area contributed by atoms with E-state index in [0.717, 1.165) is 22.8 Å². The molecule has 4 aromatic rings. The fourth-order valence-electron chi connectivity index (χ4n) is 4.65. The molecule has 1 N–H and O–H groups in total. The predicted molar refractivity (Wildman–Crippen MR) is 151 cm³/mol. The molecule has 0 atom stereocenters. The highest BCUT2D eigenvalue weighted by Gasteiger charge is 2.34. The van der Waals surface area contributed by atoms with Crippen LogP contribution in [0.3, 0.4) is 0 Å². The summed E-state index contributed by atoms with van der Waals surface area (Å²) >= 11 is 6.29. The lowest BCUT2D eigenvalue weighted by atomic mass is 9.90. The molecule has 0 amide bonds. The molecule has 0 saturated carbocycles. The first-order valence-electron chi connectivity index (χ1n) is 12.9. The van der Waals surface area contributed by atoms with Gasteiger partial charge in [-0.15, -0.1) is 6.54 Å². The maximum absolute atomic E-state index is 13.6. The van der Waals surface area contributed by atoms with Crippen LogP contribution in [0.4, 0.5) is 13.2 Å². The minimum Gasteiger partial charge on any atom is -0.674 e. The number of hydrogen-bond acceptors (Lipinski definition) is 2. The minimum absolute atomic E-state index is 0.0200. The van der Waals surface area contributed by atoms with E-state index in [2.05, 4.69) is 29.2 Å². The Hall–Kier alpha value is -3.32. The molecule has 0 aromatic heterocycles. The maximum atomic E-state index is 13.6. The topological polar surface area (TPSA) is 36.3 Å². The zero-order valence-electron chi connectivity index (χ0n) is 21.5. The van der Waals surface area contributed by atoms with Gasteiger partial charge in [-0.25, -0.2) is 0 Å². The number of nitrogens with one attached hydrogen (secondary N) is 1. The molecule has 3 nitrogen and oxygen atoms in total. The highest BCUT2D eigenvalue weighted by molar-refractivity contribution is 6.32. The summed E-state index contributed by atoms with van der Waals surface area (Å²) < 4.78 is 46.6. The molecular formula is C32H31ClF3N2O-. The van der Waals surface area contributed by atoms with Crippen LogP contribution >= 0.6 is 11.6 Å². The lowest BCUT2D eigenvalue weighted by molar-refractivity contribution is -0.137. The van der Waals surface area contributed by atoms with Crippen molar-refractivity contribution in [2.75, 3.05) is 19.7 Å². The van der Waals surface area contributed by atoms with E-state index in [0.29, 0.717) is 37.4 Å². The first-order chi connectivity index (χ1) is 18.8. The standard InChI is InChI=1S/C32H31ClF3N2O/c33-31-27(15-8-17-30(31)32(34,35)36)22-38(18-9-19-39-28-16-7-10-24(20-28)21-37)23-29(25-11-3-1-4-12-25)26-13-5-2-6-14-26/h1-8,10-17,20,29,37H,9,18-19,21-23H2/q-1. The molecule has 204 valence electrons. The molecule has 4 rings (SSSR count). The van der Waals surface area contributed by atoms with Crippen LogP contribution in [0.2, 0.25) is 5.02 Å². The smallest absolute Gasteiger partial charge is 0.417 e. The highest BCUT2D eigenvalue weighted by Crippen LogP contribution is 2.37. The molecule has 39 heavy (non-hydrogen) atoms. The van der Waals surface area contributed by atoms with E-state index in [4.69, 9.17) is 22.1 Å². The molecule has 4 aromatic carbocycles. The molecule has 0 bridgehead atoms. The van der Waals surface area contributed by atoms with Crippen LogP contribution < -0.4 is 4.74 Å². The second-order valence-corrected chi connectivity index (χ2v) is 9.79. The Morgan fingerprint density at radius 3 is 2.08 bits per heavy atom. The van der Waals surface area contributed by atoms with Crippen LogP contribution in [0.1, 0.15) is 40.2 Å². The normalized spacial score (nSPS) is 11.8. The SMILES string of the molecule is [NH-]Cc1cccc(OCCCN(Cc2cccc(C(F)(F)F)c2Cl)CC(c2ccccc2)c2ccccc2)c1. The van der Waals surface area contributed by atoms with Gasteiger partial charge in [0.15, 0.2) is 0 Å². The van der Waals surface area contributed by atoms with Crippen molar-refractivity contribution in [2.24, 2.45) is 0 Å². The van der Waals surface area contributed by atoms with Crippen molar-refractivity contribution in [1.82, 2.24) is 4.90 Å². The number of benzene rings is 4. The predicted octanol–water partition coefficient (Wildman–Crippen LogP) is 9.01. The number of rotatable bonds is 12. The van der Waals surface area contributed by atoms with Gasteiger partial charge in [0.25, 0.3) is 0 Å². The van der Waals surface area contributed by atoms with Gasteiger partial charge in [-0.2, -0.15) is 13.2 Å². The summed E-state index contributed by atoms with van der Waals surface area (Å²) in [6.45, 7) is 2.09. The molecule has 0 heterocycles. The second kappa shape index (κ2) is 13.7. The Kier molecular flexibility index (Phi) is 10.0. The number of halogens is 4. The third kappa shape index (κ3) is 8.09. The molecule has 0 saturated heterocycles. The summed E-state index contributed by atoms with van der Waals surface area (Å²) in [5.41, 5.74) is 10.3. The third-order valence-electron chi connectivity index (χ3n) is 6.61. The fraction of sp³-hybridized carbons (Fsp3) is 0.250. The summed E-state index contributed by atoms with van der Waals surface area (Å²) in [6.07, 6.45) is -3.85. The molecule has 0 aliphatic carbocycles. The van der Waals surface area contributed by atoms with Gasteiger partial charge in [-0.05, 0) is 41.3 Å². The van der Waals surface area contributed by atoms with E-state index in [1.807, 2.05) is 60.7 Å². The zero-order chi connectivity index (χ0) is 27.7. The first kappa shape index (κ1) is 28.7. The molecule has 0 aliphatic rings. The van der Waals surface area contributed by atoms with E-state index < -0.39 is 11.7 Å². The molecule has 0 spiro atoms. The Labute approximate surface area is 233 Å². The summed E-state index contributed by atoms with van der Waals surface area (Å²) in [7, 11) is 0. The Bertz CT molecular complexity index is 1280. The average Bonchev–Trinajstić information content (AvgIpc) is 2.95. The Balaban J connectivity index is 1.56. The van der Waals surface area contributed by atoms with E-state index in [9.17, 15) is 13.2 Å². The minimum atomic E-state index is -4.52. The van der Waals surface area contributed by atoms with Gasteiger partial charge in [0.1, 0.15) is 5.75 Å². The summed E-state index contributed by atoms with van der Waals surface area (Å²) in [5.74, 6) is 0.727. The molecule has 0 fully saturated rings. The fourth-order valence-corrected chi connectivity index (χ4v) is 4.95. The third-order valence-corrected chi connectivity index (χ3v) is 7.06. The van der Waals surface area contributed by atoms with Crippen LogP contribution in [0.15, 0.2) is 103 Å². The van der Waals surface area contributed by atoms with Crippen LogP contribution in [-0.4, -0.2) is 24.6 Å². The molecule has 0 aliphatic heterocycles. The number of nitrogens with zero attached hydrogens (tertiary/aromatic N) is 1. The quantitative estimate of drug-likeness (QED) is 0.165. The zero-order valence-corrected chi connectivity index (χ0v) is 22.3. The van der Waals surface area contributed by atoms with Crippen molar-refractivity contribution < 1.29 is 17.9 Å². The number of hydrogen-bond donors (Lipinski definition) is 0. The van der Waals surface area contributed by atoms with E-state index in [1.165, 1.54) is 6.07 Å². The maximum Gasteiger partial charge on any atom is 0.417 e. The molecule has 0 radical (unpaired) electrons. The van der Waals surface area contributed by atoms with Crippen molar-refractivity contribution in [3.05, 3.63) is 142 Å². The second-order valence-electron chi connectivity index (χ2n) is 9.41. The number of alkyl halides is 3. The van der Waals surface area contributed by atoms with Gasteiger partial charge in [-0.1, -0.05) is 102 Å². The lowest BCUT2D eigenvalue weighted by Gasteiger charge is -2.29. The summed E-state index contributed by atoms with van der Waals surface area (Å²) in [5, 5.41) is -0.255. The molecule has 7 heteroatoms. The van der Waals surface area contributed by atoms with Gasteiger partial charge < -0.3 is 10.5 Å². The van der Waals surface area contributed by atoms with Gasteiger partial charge in [0, 0.05) is 25.6 Å². The van der Waals surface area contributed by atoms with Crippen molar-refractivity contribution in [3.8, 4) is 5.75 Å². The first-order valence-corrected chi connectivity index (χ1v) is 13.3.